The van der Waals surface area contributed by atoms with Gasteiger partial charge < -0.3 is 15.2 Å². The second kappa shape index (κ2) is 7.43. The van der Waals surface area contributed by atoms with Crippen molar-refractivity contribution in [3.63, 3.8) is 0 Å². The summed E-state index contributed by atoms with van der Waals surface area (Å²) < 4.78 is 39.9. The molecule has 1 aliphatic rings. The molecule has 7 nitrogen and oxygen atoms in total. The van der Waals surface area contributed by atoms with E-state index < -0.39 is 11.7 Å². The summed E-state index contributed by atoms with van der Waals surface area (Å²) in [6.45, 7) is 0.394. The standard InChI is InChI=1S/C20H18F3N5O2/c1-28-10-26-17-14(11-2-4-12(5-3-11)20(21,22)23)9-25-18(16(17)19(28)30)24-8-13-6-7-15(29)27-13/h2-5,9-10,13H,6-8H2,1H3,(H,24,25)(H,27,29)/t13-/m0/s1. The van der Waals surface area contributed by atoms with E-state index >= 15 is 0 Å². The molecule has 1 aromatic carbocycles. The van der Waals surface area contributed by atoms with Gasteiger partial charge in [-0.1, -0.05) is 12.1 Å². The van der Waals surface area contributed by atoms with Gasteiger partial charge in [0.2, 0.25) is 5.91 Å². The second-order valence-corrected chi connectivity index (χ2v) is 7.16. The lowest BCUT2D eigenvalue weighted by atomic mass is 10.0. The average molecular weight is 417 g/mol. The number of rotatable bonds is 4. The molecule has 1 atom stereocenters. The monoisotopic (exact) mass is 417 g/mol. The van der Waals surface area contributed by atoms with E-state index in [1.807, 2.05) is 0 Å². The predicted molar refractivity (Wildman–Crippen MR) is 105 cm³/mol. The fraction of sp³-hybridized carbons (Fsp3) is 0.300. The normalized spacial score (nSPS) is 16.7. The maximum Gasteiger partial charge on any atom is 0.416 e. The van der Waals surface area contributed by atoms with E-state index in [4.69, 9.17) is 0 Å². The Labute approximate surface area is 169 Å². The summed E-state index contributed by atoms with van der Waals surface area (Å²) in [5.41, 5.74) is 0.168. The number of hydrogen-bond acceptors (Lipinski definition) is 5. The van der Waals surface area contributed by atoms with Crippen molar-refractivity contribution in [2.75, 3.05) is 11.9 Å². The van der Waals surface area contributed by atoms with Crippen molar-refractivity contribution in [2.24, 2.45) is 7.05 Å². The topological polar surface area (TPSA) is 88.9 Å². The van der Waals surface area contributed by atoms with E-state index in [1.54, 1.807) is 7.05 Å². The van der Waals surface area contributed by atoms with E-state index in [1.165, 1.54) is 29.2 Å². The summed E-state index contributed by atoms with van der Waals surface area (Å²) >= 11 is 0. The van der Waals surface area contributed by atoms with Gasteiger partial charge in [0.1, 0.15) is 11.2 Å². The molecule has 0 aliphatic carbocycles. The van der Waals surface area contributed by atoms with Crippen molar-refractivity contribution in [3.8, 4) is 11.1 Å². The van der Waals surface area contributed by atoms with Crippen LogP contribution in [-0.4, -0.2) is 33.0 Å². The lowest BCUT2D eigenvalue weighted by molar-refractivity contribution is -0.137. The summed E-state index contributed by atoms with van der Waals surface area (Å²) in [4.78, 5) is 32.8. The molecule has 1 amide bonds. The van der Waals surface area contributed by atoms with E-state index in [0.29, 0.717) is 41.8 Å². The number of aryl methyl sites for hydroxylation is 1. The van der Waals surface area contributed by atoms with Crippen molar-refractivity contribution in [3.05, 3.63) is 52.7 Å². The molecule has 30 heavy (non-hydrogen) atoms. The van der Waals surface area contributed by atoms with Gasteiger partial charge in [-0.15, -0.1) is 0 Å². The zero-order valence-corrected chi connectivity index (χ0v) is 16.0. The van der Waals surface area contributed by atoms with Gasteiger partial charge in [0.25, 0.3) is 5.56 Å². The largest absolute Gasteiger partial charge is 0.416 e. The summed E-state index contributed by atoms with van der Waals surface area (Å²) in [5.74, 6) is 0.297. The van der Waals surface area contributed by atoms with Crippen LogP contribution >= 0.6 is 0 Å². The second-order valence-electron chi connectivity index (χ2n) is 7.16. The van der Waals surface area contributed by atoms with E-state index in [0.717, 1.165) is 12.1 Å². The number of benzene rings is 1. The van der Waals surface area contributed by atoms with Crippen LogP contribution in [0.5, 0.6) is 0 Å². The molecular weight excluding hydrogens is 399 g/mol. The van der Waals surface area contributed by atoms with Crippen molar-refractivity contribution in [2.45, 2.75) is 25.1 Å². The van der Waals surface area contributed by atoms with Crippen molar-refractivity contribution in [1.29, 1.82) is 0 Å². The van der Waals surface area contributed by atoms with Gasteiger partial charge in [-0.05, 0) is 24.1 Å². The highest BCUT2D eigenvalue weighted by Crippen LogP contribution is 2.33. The van der Waals surface area contributed by atoms with Crippen molar-refractivity contribution in [1.82, 2.24) is 19.9 Å². The van der Waals surface area contributed by atoms with Crippen LogP contribution in [0.1, 0.15) is 18.4 Å². The van der Waals surface area contributed by atoms with Gasteiger partial charge >= 0.3 is 6.18 Å². The third-order valence-electron chi connectivity index (χ3n) is 5.07. The zero-order chi connectivity index (χ0) is 21.5. The predicted octanol–water partition coefficient (Wildman–Crippen LogP) is 2.70. The molecular formula is C20H18F3N5O2. The molecule has 156 valence electrons. The van der Waals surface area contributed by atoms with Crippen LogP contribution in [0.3, 0.4) is 0 Å². The Morgan fingerprint density at radius 2 is 1.93 bits per heavy atom. The van der Waals surface area contributed by atoms with Crippen LogP contribution in [0.25, 0.3) is 22.0 Å². The number of nitrogens with one attached hydrogen (secondary N) is 2. The lowest BCUT2D eigenvalue weighted by Gasteiger charge is -2.15. The maximum absolute atomic E-state index is 12.9. The number of carbonyl (C=O) groups is 1. The van der Waals surface area contributed by atoms with Gasteiger partial charge in [0.05, 0.1) is 17.4 Å². The minimum atomic E-state index is -4.43. The van der Waals surface area contributed by atoms with Crippen molar-refractivity contribution < 1.29 is 18.0 Å². The number of anilines is 1. The van der Waals surface area contributed by atoms with Crippen LogP contribution in [0, 0.1) is 0 Å². The van der Waals surface area contributed by atoms with Crippen LogP contribution < -0.4 is 16.2 Å². The van der Waals surface area contributed by atoms with Gasteiger partial charge in [0.15, 0.2) is 0 Å². The first-order chi connectivity index (χ1) is 14.2. The highest BCUT2D eigenvalue weighted by molar-refractivity contribution is 5.98. The molecule has 2 N–H and O–H groups in total. The first-order valence-corrected chi connectivity index (χ1v) is 9.29. The van der Waals surface area contributed by atoms with E-state index in [-0.39, 0.29) is 22.9 Å². The molecule has 0 spiro atoms. The summed E-state index contributed by atoms with van der Waals surface area (Å²) in [7, 11) is 1.56. The SMILES string of the molecule is Cn1cnc2c(-c3ccc(C(F)(F)F)cc3)cnc(NC[C@@H]3CCC(=O)N3)c2c1=O. The van der Waals surface area contributed by atoms with Gasteiger partial charge in [-0.25, -0.2) is 9.97 Å². The van der Waals surface area contributed by atoms with Crippen LogP contribution in [-0.2, 0) is 18.0 Å². The summed E-state index contributed by atoms with van der Waals surface area (Å²) in [6, 6.07) is 4.57. The molecule has 0 bridgehead atoms. The smallest absolute Gasteiger partial charge is 0.367 e. The third kappa shape index (κ3) is 3.72. The minimum Gasteiger partial charge on any atom is -0.367 e. The molecule has 0 radical (unpaired) electrons. The molecule has 0 saturated carbocycles. The molecule has 1 aliphatic heterocycles. The Morgan fingerprint density at radius 3 is 2.57 bits per heavy atom. The minimum absolute atomic E-state index is 0.0187. The maximum atomic E-state index is 12.9. The zero-order valence-electron chi connectivity index (χ0n) is 16.0. The number of halogens is 3. The summed E-state index contributed by atoms with van der Waals surface area (Å²) in [5, 5.41) is 6.17. The highest BCUT2D eigenvalue weighted by Gasteiger charge is 2.30. The fourth-order valence-corrected chi connectivity index (χ4v) is 3.45. The van der Waals surface area contributed by atoms with Gasteiger partial charge in [-0.3, -0.25) is 9.59 Å². The number of alkyl halides is 3. The number of hydrogen-bond donors (Lipinski definition) is 2. The van der Waals surface area contributed by atoms with E-state index in [9.17, 15) is 22.8 Å². The Hall–Kier alpha value is -3.43. The number of aromatic nitrogens is 3. The number of pyridine rings is 1. The number of nitrogens with zero attached hydrogens (tertiary/aromatic N) is 3. The molecule has 3 aromatic rings. The van der Waals surface area contributed by atoms with Crippen LogP contribution in [0.15, 0.2) is 41.6 Å². The van der Waals surface area contributed by atoms with Crippen LogP contribution in [0.2, 0.25) is 0 Å². The van der Waals surface area contributed by atoms with Gasteiger partial charge in [-0.2, -0.15) is 13.2 Å². The highest BCUT2D eigenvalue weighted by atomic mass is 19.4. The average Bonchev–Trinajstić information content (AvgIpc) is 3.13. The Balaban J connectivity index is 1.75. The number of carbonyl (C=O) groups excluding carboxylic acids is 1. The van der Waals surface area contributed by atoms with Gasteiger partial charge in [0, 0.05) is 37.8 Å². The quantitative estimate of drug-likeness (QED) is 0.682. The Bertz CT molecular complexity index is 1170. The molecule has 4 rings (SSSR count). The number of fused-ring (bicyclic) bond motifs is 1. The van der Waals surface area contributed by atoms with Crippen molar-refractivity contribution >= 4 is 22.6 Å². The molecule has 3 heterocycles. The van der Waals surface area contributed by atoms with E-state index in [2.05, 4.69) is 20.6 Å². The van der Waals surface area contributed by atoms with Crippen LogP contribution in [0.4, 0.5) is 19.0 Å². The Morgan fingerprint density at radius 1 is 1.20 bits per heavy atom. The summed E-state index contributed by atoms with van der Waals surface area (Å²) in [6.07, 6.45) is -0.455. The number of amides is 1. The Kier molecular flexibility index (Phi) is 4.92. The third-order valence-corrected chi connectivity index (χ3v) is 5.07. The fourth-order valence-electron chi connectivity index (χ4n) is 3.45. The molecule has 2 aromatic heterocycles. The molecule has 1 saturated heterocycles. The first-order valence-electron chi connectivity index (χ1n) is 9.29. The lowest BCUT2D eigenvalue weighted by Crippen LogP contribution is -2.32. The first kappa shape index (κ1) is 19.9. The molecule has 0 unspecified atom stereocenters. The molecule has 1 fully saturated rings. The molecule has 10 heteroatoms.